The number of aromatic nitrogens is 2. The number of nitrogens with one attached hydrogen (secondary N) is 1. The van der Waals surface area contributed by atoms with Gasteiger partial charge in [-0.3, -0.25) is 0 Å². The Bertz CT molecular complexity index is 259. The molecule has 0 aliphatic carbocycles. The van der Waals surface area contributed by atoms with E-state index < -0.39 is 0 Å². The first-order valence-corrected chi connectivity index (χ1v) is 4.83. The largest absolute Gasteiger partial charge is 0.338 e. The Labute approximate surface area is 84.5 Å². The zero-order chi connectivity index (χ0) is 10.4. The van der Waals surface area contributed by atoms with E-state index in [1.54, 1.807) is 0 Å². The molecule has 80 valence electrons. The molecular weight excluding hydrogens is 180 g/mol. The third-order valence-electron chi connectivity index (χ3n) is 1.80. The molecule has 0 fully saturated rings. The standard InChI is InChI=1S/C9H18N4O/c1-8-11-9(14-12-8)7-10-5-4-6-13(2)3/h10H,4-7H2,1-3H3. The highest BCUT2D eigenvalue weighted by atomic mass is 16.5. The summed E-state index contributed by atoms with van der Waals surface area (Å²) in [4.78, 5) is 6.26. The summed E-state index contributed by atoms with van der Waals surface area (Å²) in [5, 5.41) is 6.96. The van der Waals surface area contributed by atoms with Crippen LogP contribution in [0.15, 0.2) is 4.52 Å². The molecule has 0 spiro atoms. The van der Waals surface area contributed by atoms with Crippen molar-refractivity contribution in [2.75, 3.05) is 27.2 Å². The molecule has 5 nitrogen and oxygen atoms in total. The van der Waals surface area contributed by atoms with Crippen molar-refractivity contribution in [3.05, 3.63) is 11.7 Å². The second-order valence-corrected chi connectivity index (χ2v) is 3.57. The molecule has 0 saturated carbocycles. The van der Waals surface area contributed by atoms with E-state index in [0.717, 1.165) is 19.5 Å². The lowest BCUT2D eigenvalue weighted by molar-refractivity contribution is 0.357. The minimum Gasteiger partial charge on any atom is -0.338 e. The van der Waals surface area contributed by atoms with E-state index in [1.165, 1.54) is 0 Å². The summed E-state index contributed by atoms with van der Waals surface area (Å²) in [5.74, 6) is 1.35. The van der Waals surface area contributed by atoms with Crippen molar-refractivity contribution in [2.24, 2.45) is 0 Å². The topological polar surface area (TPSA) is 54.2 Å². The number of aryl methyl sites for hydroxylation is 1. The van der Waals surface area contributed by atoms with Gasteiger partial charge in [0.2, 0.25) is 5.89 Å². The Kier molecular flexibility index (Phi) is 4.55. The fraction of sp³-hybridized carbons (Fsp3) is 0.778. The van der Waals surface area contributed by atoms with Crippen molar-refractivity contribution in [1.82, 2.24) is 20.4 Å². The molecule has 0 aromatic carbocycles. The molecular formula is C9H18N4O. The van der Waals surface area contributed by atoms with Crippen molar-refractivity contribution in [1.29, 1.82) is 0 Å². The van der Waals surface area contributed by atoms with Gasteiger partial charge in [-0.15, -0.1) is 0 Å². The average molecular weight is 198 g/mol. The highest BCUT2D eigenvalue weighted by Gasteiger charge is 2.00. The number of rotatable bonds is 6. The lowest BCUT2D eigenvalue weighted by Crippen LogP contribution is -2.21. The third-order valence-corrected chi connectivity index (χ3v) is 1.80. The van der Waals surface area contributed by atoms with E-state index in [2.05, 4.69) is 34.5 Å². The van der Waals surface area contributed by atoms with Crippen LogP contribution in [-0.4, -0.2) is 42.2 Å². The first-order chi connectivity index (χ1) is 6.68. The van der Waals surface area contributed by atoms with Crippen LogP contribution in [0, 0.1) is 6.92 Å². The summed E-state index contributed by atoms with van der Waals surface area (Å²) in [5.41, 5.74) is 0. The smallest absolute Gasteiger partial charge is 0.240 e. The van der Waals surface area contributed by atoms with Gasteiger partial charge in [0.15, 0.2) is 5.82 Å². The van der Waals surface area contributed by atoms with E-state index >= 15 is 0 Å². The fourth-order valence-electron chi connectivity index (χ4n) is 1.13. The Morgan fingerprint density at radius 2 is 2.21 bits per heavy atom. The fourth-order valence-corrected chi connectivity index (χ4v) is 1.13. The molecule has 1 rings (SSSR count). The van der Waals surface area contributed by atoms with Gasteiger partial charge < -0.3 is 14.7 Å². The van der Waals surface area contributed by atoms with Gasteiger partial charge in [-0.05, 0) is 40.5 Å². The molecule has 0 atom stereocenters. The van der Waals surface area contributed by atoms with Gasteiger partial charge in [-0.2, -0.15) is 4.98 Å². The molecule has 0 radical (unpaired) electrons. The molecule has 1 aromatic heterocycles. The van der Waals surface area contributed by atoms with Crippen molar-refractivity contribution in [3.8, 4) is 0 Å². The molecule has 5 heteroatoms. The highest BCUT2D eigenvalue weighted by molar-refractivity contribution is 4.81. The minimum atomic E-state index is 0.660. The Morgan fingerprint density at radius 3 is 2.79 bits per heavy atom. The van der Waals surface area contributed by atoms with E-state index in [4.69, 9.17) is 4.52 Å². The minimum absolute atomic E-state index is 0.660. The van der Waals surface area contributed by atoms with Crippen LogP contribution in [0.3, 0.4) is 0 Å². The summed E-state index contributed by atoms with van der Waals surface area (Å²) >= 11 is 0. The maximum atomic E-state index is 4.96. The van der Waals surface area contributed by atoms with Crippen molar-refractivity contribution in [2.45, 2.75) is 19.9 Å². The third kappa shape index (κ3) is 4.34. The number of hydrogen-bond acceptors (Lipinski definition) is 5. The predicted octanol–water partition coefficient (Wildman–Crippen LogP) is 0.419. The van der Waals surface area contributed by atoms with E-state index in [9.17, 15) is 0 Å². The monoisotopic (exact) mass is 198 g/mol. The van der Waals surface area contributed by atoms with Crippen LogP contribution >= 0.6 is 0 Å². The van der Waals surface area contributed by atoms with Crippen LogP contribution in [-0.2, 0) is 6.54 Å². The Hall–Kier alpha value is -0.940. The first-order valence-electron chi connectivity index (χ1n) is 4.83. The van der Waals surface area contributed by atoms with Gasteiger partial charge in [0.25, 0.3) is 0 Å². The van der Waals surface area contributed by atoms with Crippen LogP contribution in [0.2, 0.25) is 0 Å². The molecule has 0 unspecified atom stereocenters. The van der Waals surface area contributed by atoms with E-state index in [0.29, 0.717) is 18.3 Å². The van der Waals surface area contributed by atoms with Crippen LogP contribution in [0.1, 0.15) is 18.1 Å². The first kappa shape index (κ1) is 11.1. The van der Waals surface area contributed by atoms with Gasteiger partial charge in [0, 0.05) is 0 Å². The quantitative estimate of drug-likeness (QED) is 0.671. The summed E-state index contributed by atoms with van der Waals surface area (Å²) in [6.07, 6.45) is 1.13. The average Bonchev–Trinajstić information content (AvgIpc) is 2.50. The van der Waals surface area contributed by atoms with Crippen LogP contribution in [0.25, 0.3) is 0 Å². The Balaban J connectivity index is 2.04. The molecule has 1 heterocycles. The summed E-state index contributed by atoms with van der Waals surface area (Å²) in [7, 11) is 4.14. The molecule has 0 aliphatic heterocycles. The maximum absolute atomic E-state index is 4.96. The molecule has 1 aromatic rings. The normalized spacial score (nSPS) is 11.1. The summed E-state index contributed by atoms with van der Waals surface area (Å²) in [6.45, 7) is 4.54. The zero-order valence-corrected chi connectivity index (χ0v) is 9.08. The SMILES string of the molecule is Cc1noc(CNCCCN(C)C)n1. The second-order valence-electron chi connectivity index (χ2n) is 3.57. The van der Waals surface area contributed by atoms with E-state index in [-0.39, 0.29) is 0 Å². The molecule has 14 heavy (non-hydrogen) atoms. The van der Waals surface area contributed by atoms with Gasteiger partial charge in [-0.25, -0.2) is 0 Å². The highest BCUT2D eigenvalue weighted by Crippen LogP contribution is 1.94. The van der Waals surface area contributed by atoms with Crippen LogP contribution < -0.4 is 5.32 Å². The molecule has 0 amide bonds. The van der Waals surface area contributed by atoms with Gasteiger partial charge in [0.05, 0.1) is 6.54 Å². The zero-order valence-electron chi connectivity index (χ0n) is 9.08. The second kappa shape index (κ2) is 5.72. The van der Waals surface area contributed by atoms with Crippen LogP contribution in [0.4, 0.5) is 0 Å². The lowest BCUT2D eigenvalue weighted by atomic mass is 10.4. The Morgan fingerprint density at radius 1 is 1.43 bits per heavy atom. The van der Waals surface area contributed by atoms with Gasteiger partial charge in [-0.1, -0.05) is 5.16 Å². The molecule has 0 saturated heterocycles. The molecule has 0 aliphatic rings. The maximum Gasteiger partial charge on any atom is 0.240 e. The number of nitrogens with zero attached hydrogens (tertiary/aromatic N) is 3. The van der Waals surface area contributed by atoms with Gasteiger partial charge >= 0.3 is 0 Å². The van der Waals surface area contributed by atoms with Crippen molar-refractivity contribution < 1.29 is 4.52 Å². The number of hydrogen-bond donors (Lipinski definition) is 1. The van der Waals surface area contributed by atoms with Gasteiger partial charge in [0.1, 0.15) is 0 Å². The van der Waals surface area contributed by atoms with Crippen molar-refractivity contribution >= 4 is 0 Å². The van der Waals surface area contributed by atoms with E-state index in [1.807, 2.05) is 6.92 Å². The molecule has 0 bridgehead atoms. The van der Waals surface area contributed by atoms with Crippen LogP contribution in [0.5, 0.6) is 0 Å². The summed E-state index contributed by atoms with van der Waals surface area (Å²) < 4.78 is 4.96. The molecule has 1 N–H and O–H groups in total. The van der Waals surface area contributed by atoms with Crippen molar-refractivity contribution in [3.63, 3.8) is 0 Å². The lowest BCUT2D eigenvalue weighted by Gasteiger charge is -2.08. The summed E-state index contributed by atoms with van der Waals surface area (Å²) in [6, 6.07) is 0. The predicted molar refractivity (Wildman–Crippen MR) is 53.9 cm³/mol.